The monoisotopic (exact) mass is 276 g/mol. The molecule has 1 atom stereocenters. The highest BCUT2D eigenvalue weighted by Crippen LogP contribution is 2.33. The molecule has 3 N–H and O–H groups in total. The van der Waals surface area contributed by atoms with Crippen LogP contribution in [0.2, 0.25) is 0 Å². The van der Waals surface area contributed by atoms with Gasteiger partial charge in [0.05, 0.1) is 5.56 Å². The molecule has 1 aromatic carbocycles. The molecular formula is C15H20N2O3. The molecule has 108 valence electrons. The number of amides is 2. The van der Waals surface area contributed by atoms with Crippen molar-refractivity contribution < 1.29 is 14.7 Å². The minimum atomic E-state index is -0.948. The molecule has 0 bridgehead atoms. The van der Waals surface area contributed by atoms with Crippen LogP contribution in [0.15, 0.2) is 24.3 Å². The number of aromatic carboxylic acids is 1. The second-order valence-electron chi connectivity index (χ2n) is 5.41. The highest BCUT2D eigenvalue weighted by molar-refractivity contribution is 5.87. The summed E-state index contributed by atoms with van der Waals surface area (Å²) >= 11 is 0. The molecule has 1 aliphatic carbocycles. The number of carbonyl (C=O) groups is 2. The summed E-state index contributed by atoms with van der Waals surface area (Å²) in [5.74, 6) is -0.162. The molecule has 2 amide bonds. The van der Waals surface area contributed by atoms with E-state index in [2.05, 4.69) is 10.6 Å². The number of carboxylic acids is 1. The standard InChI is InChI=1S/C15H20N2O3/c1-10(8-11-2-3-11)17-15(20)16-9-12-4-6-13(7-5-12)14(18)19/h4-7,10-11H,2-3,8-9H2,1H3,(H,18,19)(H2,16,17,20). The molecule has 5 heteroatoms. The van der Waals surface area contributed by atoms with Crippen molar-refractivity contribution in [2.24, 2.45) is 5.92 Å². The summed E-state index contributed by atoms with van der Waals surface area (Å²) in [6, 6.07) is 6.49. The smallest absolute Gasteiger partial charge is 0.335 e. The normalized spacial score (nSPS) is 15.4. The highest BCUT2D eigenvalue weighted by Gasteiger charge is 2.24. The van der Waals surface area contributed by atoms with Crippen molar-refractivity contribution in [2.75, 3.05) is 0 Å². The third kappa shape index (κ3) is 4.57. The van der Waals surface area contributed by atoms with Crippen molar-refractivity contribution in [3.05, 3.63) is 35.4 Å². The average Bonchev–Trinajstić information content (AvgIpc) is 3.20. The Morgan fingerprint density at radius 2 is 1.95 bits per heavy atom. The van der Waals surface area contributed by atoms with Gasteiger partial charge in [0.15, 0.2) is 0 Å². The topological polar surface area (TPSA) is 78.4 Å². The number of benzene rings is 1. The van der Waals surface area contributed by atoms with E-state index in [1.165, 1.54) is 25.0 Å². The van der Waals surface area contributed by atoms with Gasteiger partial charge in [-0.25, -0.2) is 9.59 Å². The maximum absolute atomic E-state index is 11.7. The van der Waals surface area contributed by atoms with Gasteiger partial charge in [-0.3, -0.25) is 0 Å². The minimum Gasteiger partial charge on any atom is -0.478 e. The molecule has 1 saturated carbocycles. The lowest BCUT2D eigenvalue weighted by atomic mass is 10.1. The van der Waals surface area contributed by atoms with Crippen molar-refractivity contribution in [3.63, 3.8) is 0 Å². The first-order valence-corrected chi connectivity index (χ1v) is 6.91. The largest absolute Gasteiger partial charge is 0.478 e. The maximum Gasteiger partial charge on any atom is 0.335 e. The Kier molecular flexibility index (Phi) is 4.61. The Morgan fingerprint density at radius 3 is 2.50 bits per heavy atom. The molecule has 0 spiro atoms. The predicted octanol–water partition coefficient (Wildman–Crippen LogP) is 2.37. The van der Waals surface area contributed by atoms with Crippen LogP contribution in [0.4, 0.5) is 4.79 Å². The number of nitrogens with one attached hydrogen (secondary N) is 2. The number of carbonyl (C=O) groups excluding carboxylic acids is 1. The second-order valence-corrected chi connectivity index (χ2v) is 5.41. The highest BCUT2D eigenvalue weighted by atomic mass is 16.4. The molecule has 2 rings (SSSR count). The lowest BCUT2D eigenvalue weighted by Crippen LogP contribution is -2.40. The summed E-state index contributed by atoms with van der Waals surface area (Å²) in [6.45, 7) is 2.40. The molecule has 1 aromatic rings. The Labute approximate surface area is 118 Å². The van der Waals surface area contributed by atoms with E-state index in [1.54, 1.807) is 12.1 Å². The fourth-order valence-corrected chi connectivity index (χ4v) is 2.13. The van der Waals surface area contributed by atoms with Crippen molar-refractivity contribution in [1.82, 2.24) is 10.6 Å². The third-order valence-electron chi connectivity index (χ3n) is 3.42. The van der Waals surface area contributed by atoms with E-state index in [1.807, 2.05) is 6.92 Å². The zero-order chi connectivity index (χ0) is 14.5. The van der Waals surface area contributed by atoms with Crippen LogP contribution in [-0.2, 0) is 6.54 Å². The van der Waals surface area contributed by atoms with E-state index in [0.717, 1.165) is 17.9 Å². The molecular weight excluding hydrogens is 256 g/mol. The molecule has 20 heavy (non-hydrogen) atoms. The summed E-state index contributed by atoms with van der Waals surface area (Å²) in [4.78, 5) is 22.4. The zero-order valence-electron chi connectivity index (χ0n) is 11.6. The fraction of sp³-hybridized carbons (Fsp3) is 0.467. The van der Waals surface area contributed by atoms with Gasteiger partial charge in [-0.1, -0.05) is 25.0 Å². The van der Waals surface area contributed by atoms with E-state index >= 15 is 0 Å². The Hall–Kier alpha value is -2.04. The molecule has 1 fully saturated rings. The Morgan fingerprint density at radius 1 is 1.30 bits per heavy atom. The zero-order valence-corrected chi connectivity index (χ0v) is 11.6. The van der Waals surface area contributed by atoms with Crippen molar-refractivity contribution in [3.8, 4) is 0 Å². The number of urea groups is 1. The van der Waals surface area contributed by atoms with Crippen LogP contribution >= 0.6 is 0 Å². The van der Waals surface area contributed by atoms with Gasteiger partial charge in [0.2, 0.25) is 0 Å². The van der Waals surface area contributed by atoms with Gasteiger partial charge < -0.3 is 15.7 Å². The van der Waals surface area contributed by atoms with Crippen LogP contribution in [0.5, 0.6) is 0 Å². The summed E-state index contributed by atoms with van der Waals surface area (Å²) in [5.41, 5.74) is 1.12. The molecule has 5 nitrogen and oxygen atoms in total. The van der Waals surface area contributed by atoms with E-state index < -0.39 is 5.97 Å². The van der Waals surface area contributed by atoms with Gasteiger partial charge in [0.1, 0.15) is 0 Å². The van der Waals surface area contributed by atoms with E-state index in [4.69, 9.17) is 5.11 Å². The number of rotatable bonds is 6. The van der Waals surface area contributed by atoms with Crippen LogP contribution in [0, 0.1) is 5.92 Å². The van der Waals surface area contributed by atoms with Crippen molar-refractivity contribution in [1.29, 1.82) is 0 Å². The number of hydrogen-bond donors (Lipinski definition) is 3. The number of carboxylic acid groups (broad SMARTS) is 1. The molecule has 0 aliphatic heterocycles. The average molecular weight is 276 g/mol. The van der Waals surface area contributed by atoms with Gasteiger partial charge in [-0.05, 0) is 37.0 Å². The van der Waals surface area contributed by atoms with E-state index in [-0.39, 0.29) is 17.6 Å². The van der Waals surface area contributed by atoms with Gasteiger partial charge in [-0.2, -0.15) is 0 Å². The quantitative estimate of drug-likeness (QED) is 0.746. The summed E-state index contributed by atoms with van der Waals surface area (Å²) in [7, 11) is 0. The van der Waals surface area contributed by atoms with Crippen LogP contribution < -0.4 is 10.6 Å². The Bertz CT molecular complexity index is 480. The number of hydrogen-bond acceptors (Lipinski definition) is 2. The van der Waals surface area contributed by atoms with Gasteiger partial charge >= 0.3 is 12.0 Å². The first-order valence-electron chi connectivity index (χ1n) is 6.91. The van der Waals surface area contributed by atoms with Crippen LogP contribution in [0.25, 0.3) is 0 Å². The van der Waals surface area contributed by atoms with Crippen LogP contribution in [0.1, 0.15) is 42.1 Å². The molecule has 0 aromatic heterocycles. The van der Waals surface area contributed by atoms with Crippen LogP contribution in [-0.4, -0.2) is 23.1 Å². The first-order chi connectivity index (χ1) is 9.54. The molecule has 0 heterocycles. The predicted molar refractivity (Wildman–Crippen MR) is 75.6 cm³/mol. The van der Waals surface area contributed by atoms with Crippen molar-refractivity contribution >= 4 is 12.0 Å². The Balaban J connectivity index is 1.73. The first kappa shape index (κ1) is 14.4. The lowest BCUT2D eigenvalue weighted by molar-refractivity contribution is 0.0697. The molecule has 1 unspecified atom stereocenters. The van der Waals surface area contributed by atoms with Gasteiger partial charge in [0, 0.05) is 12.6 Å². The van der Waals surface area contributed by atoms with Crippen molar-refractivity contribution in [2.45, 2.75) is 38.8 Å². The summed E-state index contributed by atoms with van der Waals surface area (Å²) in [6.07, 6.45) is 3.61. The second kappa shape index (κ2) is 6.41. The molecule has 1 aliphatic rings. The third-order valence-corrected chi connectivity index (χ3v) is 3.42. The molecule has 0 saturated heterocycles. The minimum absolute atomic E-state index is 0.180. The van der Waals surface area contributed by atoms with E-state index in [9.17, 15) is 9.59 Å². The lowest BCUT2D eigenvalue weighted by Gasteiger charge is -2.14. The van der Waals surface area contributed by atoms with Crippen LogP contribution in [0.3, 0.4) is 0 Å². The molecule has 0 radical (unpaired) electrons. The fourth-order valence-electron chi connectivity index (χ4n) is 2.13. The summed E-state index contributed by atoms with van der Waals surface area (Å²) in [5, 5.41) is 14.5. The van der Waals surface area contributed by atoms with Gasteiger partial charge in [0.25, 0.3) is 0 Å². The van der Waals surface area contributed by atoms with Gasteiger partial charge in [-0.15, -0.1) is 0 Å². The SMILES string of the molecule is CC(CC1CC1)NC(=O)NCc1ccc(C(=O)O)cc1. The summed E-state index contributed by atoms with van der Waals surface area (Å²) < 4.78 is 0. The van der Waals surface area contributed by atoms with E-state index in [0.29, 0.717) is 6.54 Å². The maximum atomic E-state index is 11.7.